The number of benzene rings is 2. The fraction of sp³-hybridized carbons (Fsp3) is 0.600. The third-order valence-corrected chi connectivity index (χ3v) is 10.1. The van der Waals surface area contributed by atoms with Crippen LogP contribution in [0.5, 0.6) is 5.75 Å². The van der Waals surface area contributed by atoms with Gasteiger partial charge in [0.25, 0.3) is 0 Å². The van der Waals surface area contributed by atoms with Crippen molar-refractivity contribution in [2.75, 3.05) is 71.4 Å². The predicted octanol–water partition coefficient (Wildman–Crippen LogP) is 5.97. The second-order valence-corrected chi connectivity index (χ2v) is 14.9. The minimum atomic E-state index is -0.443. The molecule has 0 N–H and O–H groups in total. The van der Waals surface area contributed by atoms with Crippen LogP contribution in [-0.4, -0.2) is 116 Å². The van der Waals surface area contributed by atoms with E-state index in [9.17, 15) is 4.79 Å². The topological polar surface area (TPSA) is 70.6 Å². The summed E-state index contributed by atoms with van der Waals surface area (Å²) in [5, 5.41) is 1.04. The summed E-state index contributed by atoms with van der Waals surface area (Å²) >= 11 is 1.71. The first kappa shape index (κ1) is 32.0. The van der Waals surface area contributed by atoms with E-state index in [1.165, 1.54) is 5.69 Å². The summed E-state index contributed by atoms with van der Waals surface area (Å²) in [6.45, 7) is 13.4. The molecule has 6 rings (SSSR count). The minimum Gasteiger partial charge on any atom is -0.490 e. The van der Waals surface area contributed by atoms with Crippen LogP contribution >= 0.6 is 11.3 Å². The van der Waals surface area contributed by atoms with Gasteiger partial charge in [-0.1, -0.05) is 0 Å². The maximum absolute atomic E-state index is 12.3. The van der Waals surface area contributed by atoms with E-state index >= 15 is 0 Å². The highest BCUT2D eigenvalue weighted by Gasteiger charge is 2.35. The quantitative estimate of drug-likeness (QED) is 0.285. The van der Waals surface area contributed by atoms with Gasteiger partial charge in [0, 0.05) is 90.5 Å². The van der Waals surface area contributed by atoms with Crippen molar-refractivity contribution in [3.8, 4) is 16.3 Å². The molecular formula is C35H49N5O4S. The van der Waals surface area contributed by atoms with Crippen molar-refractivity contribution in [3.05, 3.63) is 42.5 Å². The molecule has 0 bridgehead atoms. The number of carbonyl (C=O) groups excluding carboxylic acids is 1. The van der Waals surface area contributed by atoms with Crippen LogP contribution in [0.3, 0.4) is 0 Å². The lowest BCUT2D eigenvalue weighted by atomic mass is 9.91. The maximum Gasteiger partial charge on any atom is 0.410 e. The average molecular weight is 636 g/mol. The predicted molar refractivity (Wildman–Crippen MR) is 182 cm³/mol. The Morgan fingerprint density at radius 1 is 0.889 bits per heavy atom. The van der Waals surface area contributed by atoms with Crippen molar-refractivity contribution >= 4 is 33.3 Å². The lowest BCUT2D eigenvalue weighted by molar-refractivity contribution is -0.110. The van der Waals surface area contributed by atoms with Crippen molar-refractivity contribution < 1.29 is 19.0 Å². The van der Waals surface area contributed by atoms with Gasteiger partial charge >= 0.3 is 6.09 Å². The molecule has 45 heavy (non-hydrogen) atoms. The third kappa shape index (κ3) is 8.47. The molecule has 3 heterocycles. The molecule has 2 aromatic carbocycles. The van der Waals surface area contributed by atoms with Gasteiger partial charge in [-0.2, -0.15) is 0 Å². The van der Waals surface area contributed by atoms with Crippen LogP contribution in [-0.2, 0) is 9.47 Å². The van der Waals surface area contributed by atoms with E-state index in [4.69, 9.17) is 19.2 Å². The zero-order valence-electron chi connectivity index (χ0n) is 27.5. The lowest BCUT2D eigenvalue weighted by Gasteiger charge is -2.40. The first-order valence-corrected chi connectivity index (χ1v) is 17.3. The van der Waals surface area contributed by atoms with E-state index in [1.54, 1.807) is 11.3 Å². The summed E-state index contributed by atoms with van der Waals surface area (Å²) in [6.07, 6.45) is 4.78. The number of amides is 1. The van der Waals surface area contributed by atoms with Crippen LogP contribution in [0.25, 0.3) is 20.8 Å². The van der Waals surface area contributed by atoms with Crippen LogP contribution in [0.2, 0.25) is 0 Å². The molecule has 0 spiro atoms. The molecule has 0 unspecified atom stereocenters. The molecule has 3 fully saturated rings. The molecule has 1 aromatic heterocycles. The number of carbonyl (C=O) groups is 1. The van der Waals surface area contributed by atoms with Gasteiger partial charge < -0.3 is 28.9 Å². The number of thiazole rings is 1. The normalized spacial score (nSPS) is 21.9. The Morgan fingerprint density at radius 2 is 1.56 bits per heavy atom. The van der Waals surface area contributed by atoms with Crippen molar-refractivity contribution in [2.24, 2.45) is 0 Å². The summed E-state index contributed by atoms with van der Waals surface area (Å²) < 4.78 is 19.5. The number of hydrogen-bond donors (Lipinski definition) is 0. The number of likely N-dealkylation sites (tertiary alicyclic amines) is 1. The monoisotopic (exact) mass is 635 g/mol. The zero-order chi connectivity index (χ0) is 31.6. The van der Waals surface area contributed by atoms with Gasteiger partial charge in [-0.05, 0) is 76.1 Å². The highest BCUT2D eigenvalue weighted by molar-refractivity contribution is 7.21. The zero-order valence-corrected chi connectivity index (χ0v) is 28.4. The van der Waals surface area contributed by atoms with E-state index in [1.807, 2.05) is 31.7 Å². The van der Waals surface area contributed by atoms with Gasteiger partial charge in [-0.25, -0.2) is 9.78 Å². The first-order valence-electron chi connectivity index (χ1n) is 16.5. The highest BCUT2D eigenvalue weighted by atomic mass is 32.1. The van der Waals surface area contributed by atoms with Crippen LogP contribution < -0.4 is 9.64 Å². The fourth-order valence-electron chi connectivity index (χ4n) is 6.23. The largest absolute Gasteiger partial charge is 0.490 e. The van der Waals surface area contributed by atoms with Crippen LogP contribution in [0.15, 0.2) is 42.5 Å². The van der Waals surface area contributed by atoms with E-state index in [0.717, 1.165) is 105 Å². The number of piperidine rings is 1. The molecule has 1 saturated carbocycles. The number of fused-ring (bicyclic) bond motifs is 1. The molecule has 1 amide bonds. The molecule has 9 nitrogen and oxygen atoms in total. The summed E-state index contributed by atoms with van der Waals surface area (Å²) in [5.74, 6) is 0.920. The SMILES string of the molecule is CN(C)c1ccc(-c2nc3ccc(O[C@H]4C[C@H](OC5CCN(CCN6CCN(C(=O)OC(C)(C)C)CC6)CC5)C4)cc3s2)cc1. The minimum absolute atomic E-state index is 0.192. The second kappa shape index (κ2) is 13.8. The molecule has 244 valence electrons. The van der Waals surface area contributed by atoms with E-state index in [0.29, 0.717) is 12.2 Å². The van der Waals surface area contributed by atoms with Gasteiger partial charge in [0.1, 0.15) is 22.5 Å². The van der Waals surface area contributed by atoms with Crippen LogP contribution in [0.1, 0.15) is 46.5 Å². The molecule has 3 aliphatic rings. The Labute approximate surface area is 272 Å². The van der Waals surface area contributed by atoms with Gasteiger partial charge in [0.05, 0.1) is 22.4 Å². The Morgan fingerprint density at radius 3 is 2.20 bits per heavy atom. The number of rotatable bonds is 9. The summed E-state index contributed by atoms with van der Waals surface area (Å²) in [5.41, 5.74) is 2.90. The molecule has 0 radical (unpaired) electrons. The lowest BCUT2D eigenvalue weighted by Crippen LogP contribution is -2.52. The van der Waals surface area contributed by atoms with Gasteiger partial charge in [0.2, 0.25) is 0 Å². The van der Waals surface area contributed by atoms with Crippen molar-refractivity contribution in [2.45, 2.75) is 70.4 Å². The molecule has 1 aliphatic carbocycles. The number of hydrogen-bond acceptors (Lipinski definition) is 9. The molecule has 0 atom stereocenters. The number of aromatic nitrogens is 1. The molecular weight excluding hydrogens is 586 g/mol. The molecule has 2 saturated heterocycles. The summed E-state index contributed by atoms with van der Waals surface area (Å²) in [7, 11) is 4.11. The smallest absolute Gasteiger partial charge is 0.410 e. The standard InChI is InChI=1S/C35H49N5O4S/c1-35(2,3)44-34(41)40-20-18-39(19-21-40)17-16-38-14-12-27(13-15-38)42-29-22-30(23-29)43-28-10-11-31-32(24-28)45-33(36-31)25-6-8-26(9-7-25)37(4)5/h6-11,24,27,29-30H,12-23H2,1-5H3/t29-,30-. The fourth-order valence-corrected chi connectivity index (χ4v) is 7.23. The Kier molecular flexibility index (Phi) is 9.85. The van der Waals surface area contributed by atoms with E-state index in [2.05, 4.69) is 65.2 Å². The van der Waals surface area contributed by atoms with Crippen molar-refractivity contribution in [3.63, 3.8) is 0 Å². The number of anilines is 1. The van der Waals surface area contributed by atoms with Gasteiger partial charge in [0.15, 0.2) is 0 Å². The Hall–Kier alpha value is -2.92. The van der Waals surface area contributed by atoms with Crippen LogP contribution in [0, 0.1) is 0 Å². The summed E-state index contributed by atoms with van der Waals surface area (Å²) in [4.78, 5) is 26.1. The van der Waals surface area contributed by atoms with Crippen molar-refractivity contribution in [1.29, 1.82) is 0 Å². The molecule has 10 heteroatoms. The van der Waals surface area contributed by atoms with E-state index in [-0.39, 0.29) is 12.2 Å². The summed E-state index contributed by atoms with van der Waals surface area (Å²) in [6, 6.07) is 14.8. The Bertz CT molecular complexity index is 1420. The molecule has 2 aliphatic heterocycles. The third-order valence-electron chi connectivity index (χ3n) is 9.02. The average Bonchev–Trinajstić information content (AvgIpc) is 3.43. The Balaban J connectivity index is 0.871. The number of nitrogens with zero attached hydrogens (tertiary/aromatic N) is 5. The van der Waals surface area contributed by atoms with Crippen molar-refractivity contribution in [1.82, 2.24) is 19.7 Å². The van der Waals surface area contributed by atoms with Gasteiger partial charge in [-0.15, -0.1) is 11.3 Å². The van der Waals surface area contributed by atoms with Gasteiger partial charge in [-0.3, -0.25) is 4.90 Å². The second-order valence-electron chi connectivity index (χ2n) is 13.9. The number of ether oxygens (including phenoxy) is 3. The first-order chi connectivity index (χ1) is 21.6. The van der Waals surface area contributed by atoms with E-state index < -0.39 is 5.60 Å². The molecule has 3 aromatic rings. The maximum atomic E-state index is 12.3. The number of piperazine rings is 1. The highest BCUT2D eigenvalue weighted by Crippen LogP contribution is 2.35. The van der Waals surface area contributed by atoms with Crippen LogP contribution in [0.4, 0.5) is 10.5 Å².